The number of hydrogen-bond donors (Lipinski definition) is 0. The highest BCUT2D eigenvalue weighted by Crippen LogP contribution is 2.42. The Balaban J connectivity index is 1.76. The van der Waals surface area contributed by atoms with Crippen molar-refractivity contribution in [2.24, 2.45) is 0 Å². The van der Waals surface area contributed by atoms with Gasteiger partial charge in [-0.1, -0.05) is 94.5 Å². The smallest absolute Gasteiger partial charge is 0.368 e. The lowest BCUT2D eigenvalue weighted by molar-refractivity contribution is 0.114. The molecule has 136 valence electrons. The Morgan fingerprint density at radius 1 is 0.920 bits per heavy atom. The lowest BCUT2D eigenvalue weighted by Crippen LogP contribution is -2.33. The molecule has 25 heavy (non-hydrogen) atoms. The van der Waals surface area contributed by atoms with Gasteiger partial charge in [-0.15, -0.1) is 0 Å². The summed E-state index contributed by atoms with van der Waals surface area (Å²) in [6.45, 7) is 3.03. The van der Waals surface area contributed by atoms with Crippen molar-refractivity contribution in [2.75, 3.05) is 6.61 Å². The van der Waals surface area contributed by atoms with Crippen molar-refractivity contribution in [3.8, 4) is 0 Å². The van der Waals surface area contributed by atoms with Gasteiger partial charge < -0.3 is 9.39 Å². The van der Waals surface area contributed by atoms with Crippen molar-refractivity contribution in [1.29, 1.82) is 0 Å². The molecule has 2 fully saturated rings. The molecule has 0 N–H and O–H groups in total. The lowest BCUT2D eigenvalue weighted by Gasteiger charge is -2.35. The maximum atomic E-state index is 6.61. The first kappa shape index (κ1) is 18.4. The number of ether oxygens (including phenoxy) is 1. The first-order valence-electron chi connectivity index (χ1n) is 10.4. The van der Waals surface area contributed by atoms with E-state index in [0.29, 0.717) is 25.2 Å². The van der Waals surface area contributed by atoms with E-state index in [2.05, 4.69) is 30.3 Å². The minimum absolute atomic E-state index is 0.335. The molecule has 0 aliphatic heterocycles. The van der Waals surface area contributed by atoms with Gasteiger partial charge in [-0.25, -0.2) is 0 Å². The average Bonchev–Trinajstić information content (AvgIpc) is 2.68. The normalized spacial score (nSPS) is 20.3. The van der Waals surface area contributed by atoms with E-state index in [0.717, 1.165) is 11.5 Å². The molecule has 0 saturated heterocycles. The summed E-state index contributed by atoms with van der Waals surface area (Å²) >= 11 is 0. The fourth-order valence-electron chi connectivity index (χ4n) is 4.57. The van der Waals surface area contributed by atoms with Gasteiger partial charge in [0.25, 0.3) is 5.95 Å². The molecule has 2 saturated carbocycles. The SMILES string of the molecule is CCO/C(=C/c1ccccc1)OB(C1CCCCC1)C1CCCCC1. The van der Waals surface area contributed by atoms with Crippen molar-refractivity contribution in [2.45, 2.75) is 82.8 Å². The third kappa shape index (κ3) is 5.55. The molecule has 0 radical (unpaired) electrons. The predicted molar refractivity (Wildman–Crippen MR) is 107 cm³/mol. The largest absolute Gasteiger partial charge is 0.535 e. The first-order valence-corrected chi connectivity index (χ1v) is 10.4. The summed E-state index contributed by atoms with van der Waals surface area (Å²) in [7, 11) is 0. The number of rotatable bonds is 7. The van der Waals surface area contributed by atoms with E-state index in [1.165, 1.54) is 64.2 Å². The molecule has 0 bridgehead atoms. The molecule has 2 aliphatic rings. The fourth-order valence-corrected chi connectivity index (χ4v) is 4.57. The summed E-state index contributed by atoms with van der Waals surface area (Å²) < 4.78 is 12.5. The molecule has 0 unspecified atom stereocenters. The van der Waals surface area contributed by atoms with Gasteiger partial charge in [-0.05, 0) is 24.1 Å². The Morgan fingerprint density at radius 2 is 1.48 bits per heavy atom. The molecule has 2 nitrogen and oxygen atoms in total. The first-order chi connectivity index (χ1) is 12.4. The van der Waals surface area contributed by atoms with E-state index < -0.39 is 0 Å². The van der Waals surface area contributed by atoms with Crippen LogP contribution in [0.4, 0.5) is 0 Å². The highest BCUT2D eigenvalue weighted by molar-refractivity contribution is 6.55. The van der Waals surface area contributed by atoms with E-state index in [1.807, 2.05) is 13.0 Å². The molecular weight excluding hydrogens is 307 g/mol. The zero-order chi connectivity index (χ0) is 17.3. The maximum Gasteiger partial charge on any atom is 0.368 e. The molecular formula is C22H33BO2. The van der Waals surface area contributed by atoms with E-state index >= 15 is 0 Å². The van der Waals surface area contributed by atoms with Crippen LogP contribution in [0.1, 0.15) is 76.7 Å². The summed E-state index contributed by atoms with van der Waals surface area (Å²) in [6.07, 6.45) is 15.6. The molecule has 3 heteroatoms. The van der Waals surface area contributed by atoms with Gasteiger partial charge in [0.2, 0.25) is 0 Å². The highest BCUT2D eigenvalue weighted by atomic mass is 16.7. The molecule has 0 spiro atoms. The summed E-state index contributed by atoms with van der Waals surface area (Å²) in [5.74, 6) is 2.13. The molecule has 0 amide bonds. The predicted octanol–water partition coefficient (Wildman–Crippen LogP) is 6.70. The summed E-state index contributed by atoms with van der Waals surface area (Å²) in [5, 5.41) is 0. The van der Waals surface area contributed by atoms with Gasteiger partial charge in [0.05, 0.1) is 6.61 Å². The molecule has 3 rings (SSSR count). The average molecular weight is 340 g/mol. The van der Waals surface area contributed by atoms with Crippen LogP contribution in [0, 0.1) is 0 Å². The van der Waals surface area contributed by atoms with Crippen molar-refractivity contribution in [1.82, 2.24) is 0 Å². The van der Waals surface area contributed by atoms with Crippen LogP contribution in [0.15, 0.2) is 36.3 Å². The van der Waals surface area contributed by atoms with Gasteiger partial charge in [0, 0.05) is 6.08 Å². The molecule has 2 aliphatic carbocycles. The van der Waals surface area contributed by atoms with Gasteiger partial charge in [0.15, 0.2) is 0 Å². The second kappa shape index (κ2) is 9.94. The topological polar surface area (TPSA) is 18.5 Å². The zero-order valence-corrected chi connectivity index (χ0v) is 15.8. The Bertz CT molecular complexity index is 498. The minimum Gasteiger partial charge on any atom is -0.535 e. The van der Waals surface area contributed by atoms with Crippen molar-refractivity contribution >= 4 is 13.0 Å². The fraction of sp³-hybridized carbons (Fsp3) is 0.636. The Hall–Kier alpha value is -1.38. The van der Waals surface area contributed by atoms with Gasteiger partial charge in [0.1, 0.15) is 0 Å². The zero-order valence-electron chi connectivity index (χ0n) is 15.8. The van der Waals surface area contributed by atoms with E-state index in [4.69, 9.17) is 9.39 Å². The maximum absolute atomic E-state index is 6.61. The second-order valence-electron chi connectivity index (χ2n) is 7.69. The monoisotopic (exact) mass is 340 g/mol. The molecule has 0 aromatic heterocycles. The van der Waals surface area contributed by atoms with E-state index in [9.17, 15) is 0 Å². The van der Waals surface area contributed by atoms with Crippen LogP contribution < -0.4 is 0 Å². The van der Waals surface area contributed by atoms with Crippen LogP contribution in [0.25, 0.3) is 6.08 Å². The van der Waals surface area contributed by atoms with Crippen molar-refractivity contribution < 1.29 is 9.39 Å². The second-order valence-corrected chi connectivity index (χ2v) is 7.69. The van der Waals surface area contributed by atoms with E-state index in [-0.39, 0.29) is 0 Å². The Kier molecular flexibility index (Phi) is 7.32. The number of benzene rings is 1. The summed E-state index contributed by atoms with van der Waals surface area (Å²) in [5.41, 5.74) is 1.15. The lowest BCUT2D eigenvalue weighted by atomic mass is 9.42. The van der Waals surface area contributed by atoms with Gasteiger partial charge in [-0.3, -0.25) is 0 Å². The van der Waals surface area contributed by atoms with E-state index in [1.54, 1.807) is 0 Å². The van der Waals surface area contributed by atoms with Gasteiger partial charge in [-0.2, -0.15) is 0 Å². The summed E-state index contributed by atoms with van der Waals surface area (Å²) in [6, 6.07) is 10.4. The van der Waals surface area contributed by atoms with Crippen molar-refractivity contribution in [3.63, 3.8) is 0 Å². The van der Waals surface area contributed by atoms with Crippen LogP contribution in [0.2, 0.25) is 11.6 Å². The summed E-state index contributed by atoms with van der Waals surface area (Å²) in [4.78, 5) is 0. The molecule has 0 heterocycles. The molecule has 1 aromatic rings. The minimum atomic E-state index is 0.335. The van der Waals surface area contributed by atoms with Crippen LogP contribution in [-0.2, 0) is 9.39 Å². The quantitative estimate of drug-likeness (QED) is 0.406. The van der Waals surface area contributed by atoms with Gasteiger partial charge >= 0.3 is 6.92 Å². The van der Waals surface area contributed by atoms with Crippen LogP contribution >= 0.6 is 0 Å². The Labute approximate surface area is 154 Å². The van der Waals surface area contributed by atoms with Crippen LogP contribution in [0.3, 0.4) is 0 Å². The molecule has 1 aromatic carbocycles. The van der Waals surface area contributed by atoms with Crippen LogP contribution in [-0.4, -0.2) is 13.5 Å². The standard InChI is InChI=1S/C22H33BO2/c1-2-24-22(18-19-12-6-3-7-13-19)25-23(20-14-8-4-9-15-20)21-16-10-5-11-17-21/h3,6-7,12-13,18,20-21H,2,4-5,8-11,14-17H2,1H3/b22-18-. The molecule has 0 atom stereocenters. The third-order valence-corrected chi connectivity index (χ3v) is 5.85. The highest BCUT2D eigenvalue weighted by Gasteiger charge is 2.39. The number of hydrogen-bond acceptors (Lipinski definition) is 2. The van der Waals surface area contributed by atoms with Crippen molar-refractivity contribution in [3.05, 3.63) is 41.8 Å². The van der Waals surface area contributed by atoms with Crippen LogP contribution in [0.5, 0.6) is 0 Å². The Morgan fingerprint density at radius 3 is 2.00 bits per heavy atom. The third-order valence-electron chi connectivity index (χ3n) is 5.85.